The molecule has 6 bridgehead atoms. The number of carbonyl (C=O) groups is 3. The monoisotopic (exact) mass is 1140 g/mol. The van der Waals surface area contributed by atoms with Crippen LogP contribution in [0, 0.1) is 0 Å². The van der Waals surface area contributed by atoms with E-state index in [0.29, 0.717) is 19.3 Å². The summed E-state index contributed by atoms with van der Waals surface area (Å²) in [5, 5.41) is 99.6. The molecule has 0 aromatic carbocycles. The Bertz CT molecular complexity index is 1610. The Balaban J connectivity index is 1.59. The van der Waals surface area contributed by atoms with Gasteiger partial charge in [-0.25, -0.2) is 0 Å². The standard InChI is InChI=1S/C58H104O21/c1-4-7-10-13-16-18-21-24-27-30-39-33-45(60)72-36-41-47(62)50(65)53(68)56(77-41)74-38(29-26-23-20-15-12-9-6-3)32-44(59)71-35-42-48(63)51(66)54(69)57(78-42)75-40(31-28-25-22-19-17-14-11-8-5-2)34-46(61)73-37-43-49(64)52(67)55(70)58(76-39)79-43/h38-43,47-58,62-70H,4-37H2,1-3H3. The molecular formula is C58H104O21. The van der Waals surface area contributed by atoms with Gasteiger partial charge < -0.3 is 88.6 Å². The highest BCUT2D eigenvalue weighted by molar-refractivity contribution is 5.70. The van der Waals surface area contributed by atoms with E-state index in [4.69, 9.17) is 42.6 Å². The minimum atomic E-state index is -1.82. The van der Waals surface area contributed by atoms with E-state index in [2.05, 4.69) is 20.8 Å². The van der Waals surface area contributed by atoms with Crippen molar-refractivity contribution >= 4 is 17.9 Å². The first-order valence-electron chi connectivity index (χ1n) is 30.6. The number of esters is 3. The van der Waals surface area contributed by atoms with Gasteiger partial charge in [0, 0.05) is 0 Å². The van der Waals surface area contributed by atoms with Crippen molar-refractivity contribution in [1.82, 2.24) is 0 Å². The number of hydrogen-bond donors (Lipinski definition) is 9. The fraction of sp³-hybridized carbons (Fsp3) is 0.948. The van der Waals surface area contributed by atoms with E-state index < -0.39 is 167 Å². The third kappa shape index (κ3) is 25.3. The first kappa shape index (κ1) is 69.3. The molecule has 0 saturated carbocycles. The molecule has 0 aromatic rings. The van der Waals surface area contributed by atoms with Crippen LogP contribution in [0.15, 0.2) is 0 Å². The van der Waals surface area contributed by atoms with Gasteiger partial charge in [0.2, 0.25) is 0 Å². The molecule has 4 fully saturated rings. The van der Waals surface area contributed by atoms with Crippen LogP contribution in [0.1, 0.15) is 220 Å². The first-order chi connectivity index (χ1) is 38.1. The fourth-order valence-electron chi connectivity index (χ4n) is 10.7. The van der Waals surface area contributed by atoms with Gasteiger partial charge in [0.15, 0.2) is 18.9 Å². The van der Waals surface area contributed by atoms with Crippen LogP contribution in [0.3, 0.4) is 0 Å². The van der Waals surface area contributed by atoms with Crippen molar-refractivity contribution < 1.29 is 103 Å². The molecule has 0 aromatic heterocycles. The van der Waals surface area contributed by atoms with Gasteiger partial charge in [-0.2, -0.15) is 0 Å². The zero-order valence-corrected chi connectivity index (χ0v) is 47.9. The van der Waals surface area contributed by atoms with Gasteiger partial charge in [-0.15, -0.1) is 0 Å². The number of ether oxygens (including phenoxy) is 9. The van der Waals surface area contributed by atoms with Gasteiger partial charge in [-0.05, 0) is 19.3 Å². The minimum absolute atomic E-state index is 0.288. The molecule has 0 amide bonds. The minimum Gasteiger partial charge on any atom is -0.463 e. The van der Waals surface area contributed by atoms with Crippen LogP contribution in [-0.4, -0.2) is 194 Å². The summed E-state index contributed by atoms with van der Waals surface area (Å²) in [5.74, 6) is -2.46. The molecule has 4 aliphatic heterocycles. The third-order valence-corrected chi connectivity index (χ3v) is 15.8. The zero-order valence-electron chi connectivity index (χ0n) is 47.9. The number of aliphatic hydroxyl groups is 9. The van der Waals surface area contributed by atoms with Crippen molar-refractivity contribution in [3.63, 3.8) is 0 Å². The highest BCUT2D eigenvalue weighted by Crippen LogP contribution is 2.31. The van der Waals surface area contributed by atoms with Crippen LogP contribution in [0.4, 0.5) is 0 Å². The largest absolute Gasteiger partial charge is 0.463 e. The number of hydrogen-bond acceptors (Lipinski definition) is 21. The molecule has 462 valence electrons. The second kappa shape index (κ2) is 39.4. The summed E-state index contributed by atoms with van der Waals surface area (Å²) in [7, 11) is 0. The lowest BCUT2D eigenvalue weighted by Gasteiger charge is -2.41. The molecule has 18 atom stereocenters. The second-order valence-electron chi connectivity index (χ2n) is 22.6. The van der Waals surface area contributed by atoms with Crippen molar-refractivity contribution in [2.45, 2.75) is 330 Å². The summed E-state index contributed by atoms with van der Waals surface area (Å²) >= 11 is 0. The molecule has 0 spiro atoms. The van der Waals surface area contributed by atoms with Crippen molar-refractivity contribution in [3.8, 4) is 0 Å². The smallest absolute Gasteiger partial charge is 0.308 e. The maximum Gasteiger partial charge on any atom is 0.308 e. The van der Waals surface area contributed by atoms with Crippen LogP contribution < -0.4 is 0 Å². The Kier molecular flexibility index (Phi) is 34.5. The molecular weight excluding hydrogens is 1030 g/mol. The lowest BCUT2D eigenvalue weighted by molar-refractivity contribution is -0.314. The molecule has 4 aliphatic rings. The molecule has 79 heavy (non-hydrogen) atoms. The Morgan fingerprint density at radius 1 is 0.291 bits per heavy atom. The quantitative estimate of drug-likeness (QED) is 0.0270. The molecule has 0 aliphatic carbocycles. The van der Waals surface area contributed by atoms with E-state index in [1.54, 1.807) is 0 Å². The summed E-state index contributed by atoms with van der Waals surface area (Å²) < 4.78 is 53.2. The maximum atomic E-state index is 13.6. The molecule has 21 heteroatoms. The summed E-state index contributed by atoms with van der Waals surface area (Å²) in [6, 6.07) is 0. The van der Waals surface area contributed by atoms with Crippen LogP contribution >= 0.6 is 0 Å². The first-order valence-corrected chi connectivity index (χ1v) is 30.6. The topological polar surface area (TPSA) is 316 Å². The third-order valence-electron chi connectivity index (χ3n) is 15.8. The SMILES string of the molecule is CCCCCCCCCCCC1CC(=O)OCC2OC(OC(CCCCCCCCC)CC(=O)OCC3OC(OC(CCCCCCCCCCC)CC(=O)OCC4OC(O1)C(O)C(O)C4O)C(O)C(O)C3O)C(O)C(O)C2O. The average molecular weight is 1140 g/mol. The van der Waals surface area contributed by atoms with Crippen LogP contribution in [0.25, 0.3) is 0 Å². The molecule has 18 unspecified atom stereocenters. The predicted molar refractivity (Wildman–Crippen MR) is 288 cm³/mol. The van der Waals surface area contributed by atoms with Gasteiger partial charge in [0.05, 0.1) is 37.6 Å². The molecule has 4 saturated heterocycles. The van der Waals surface area contributed by atoms with E-state index in [-0.39, 0.29) is 19.3 Å². The summed E-state index contributed by atoms with van der Waals surface area (Å²) in [5.41, 5.74) is 0. The van der Waals surface area contributed by atoms with E-state index in [1.807, 2.05) is 0 Å². The van der Waals surface area contributed by atoms with Crippen molar-refractivity contribution in [3.05, 3.63) is 0 Å². The van der Waals surface area contributed by atoms with Gasteiger partial charge >= 0.3 is 17.9 Å². The average Bonchev–Trinajstić information content (AvgIpc) is 3.47. The Morgan fingerprint density at radius 3 is 0.734 bits per heavy atom. The van der Waals surface area contributed by atoms with Gasteiger partial charge in [-0.1, -0.05) is 181 Å². The lowest BCUT2D eigenvalue weighted by atomic mass is 9.98. The number of aliphatic hydroxyl groups excluding tert-OH is 9. The van der Waals surface area contributed by atoms with Crippen LogP contribution in [-0.2, 0) is 57.0 Å². The Morgan fingerprint density at radius 2 is 0.506 bits per heavy atom. The molecule has 21 nitrogen and oxygen atoms in total. The molecule has 9 N–H and O–H groups in total. The Labute approximate surface area is 469 Å². The fourth-order valence-corrected chi connectivity index (χ4v) is 10.7. The van der Waals surface area contributed by atoms with Gasteiger partial charge in [0.1, 0.15) is 93.1 Å². The Hall–Kier alpha value is -2.19. The summed E-state index contributed by atoms with van der Waals surface area (Å²) in [6.45, 7) is 4.65. The molecule has 4 rings (SSSR count). The normalized spacial score (nSPS) is 35.0. The van der Waals surface area contributed by atoms with E-state index in [1.165, 1.54) is 25.7 Å². The second-order valence-corrected chi connectivity index (χ2v) is 22.6. The van der Waals surface area contributed by atoms with Crippen molar-refractivity contribution in [2.24, 2.45) is 0 Å². The van der Waals surface area contributed by atoms with E-state index >= 15 is 0 Å². The predicted octanol–water partition coefficient (Wildman–Crippen LogP) is 5.36. The van der Waals surface area contributed by atoms with Crippen molar-refractivity contribution in [1.29, 1.82) is 0 Å². The summed E-state index contributed by atoms with van der Waals surface area (Å²) in [6.07, 6.45) is -3.41. The lowest BCUT2D eigenvalue weighted by Crippen LogP contribution is -2.60. The maximum absolute atomic E-state index is 13.6. The zero-order chi connectivity index (χ0) is 57.5. The van der Waals surface area contributed by atoms with Crippen molar-refractivity contribution in [2.75, 3.05) is 19.8 Å². The number of unbranched alkanes of at least 4 members (excludes halogenated alkanes) is 22. The molecule has 0 radical (unpaired) electrons. The van der Waals surface area contributed by atoms with E-state index in [0.717, 1.165) is 116 Å². The number of fused-ring (bicyclic) bond motifs is 6. The number of cyclic esters (lactones) is 3. The molecule has 4 heterocycles. The highest BCUT2D eigenvalue weighted by atomic mass is 16.7. The van der Waals surface area contributed by atoms with Gasteiger partial charge in [0.25, 0.3) is 0 Å². The summed E-state index contributed by atoms with van der Waals surface area (Å²) in [4.78, 5) is 40.9. The van der Waals surface area contributed by atoms with Gasteiger partial charge in [-0.3, -0.25) is 14.4 Å². The van der Waals surface area contributed by atoms with Crippen LogP contribution in [0.2, 0.25) is 0 Å². The highest BCUT2D eigenvalue weighted by Gasteiger charge is 2.49. The van der Waals surface area contributed by atoms with Crippen LogP contribution in [0.5, 0.6) is 0 Å². The number of carbonyl (C=O) groups excluding carboxylic acids is 3. The van der Waals surface area contributed by atoms with E-state index in [9.17, 15) is 60.3 Å². The number of rotatable bonds is 28.